The third kappa shape index (κ3) is 3.66. The van der Waals surface area contributed by atoms with E-state index in [1.807, 2.05) is 40.0 Å². The van der Waals surface area contributed by atoms with Crippen LogP contribution in [0.4, 0.5) is 0 Å². The Kier molecular flexibility index (Phi) is 5.63. The number of piperidine rings is 1. The van der Waals surface area contributed by atoms with Gasteiger partial charge in [0.25, 0.3) is 5.91 Å². The van der Waals surface area contributed by atoms with Crippen molar-refractivity contribution in [3.8, 4) is 0 Å². The SMILES string of the molecule is CCC1CCCCN1C(=O)COC(=O)c1nc(SC)n2ccccc12. The highest BCUT2D eigenvalue weighted by Crippen LogP contribution is 2.21. The second-order valence-electron chi connectivity index (χ2n) is 6.12. The number of carbonyl (C=O) groups excluding carboxylic acids is 2. The van der Waals surface area contributed by atoms with Crippen molar-refractivity contribution in [1.82, 2.24) is 14.3 Å². The summed E-state index contributed by atoms with van der Waals surface area (Å²) >= 11 is 1.46. The van der Waals surface area contributed by atoms with E-state index in [2.05, 4.69) is 11.9 Å². The molecule has 1 saturated heterocycles. The van der Waals surface area contributed by atoms with Gasteiger partial charge in [0.05, 0.1) is 5.52 Å². The van der Waals surface area contributed by atoms with Gasteiger partial charge in [-0.05, 0) is 44.1 Å². The Labute approximate surface area is 151 Å². The molecule has 0 aliphatic carbocycles. The number of likely N-dealkylation sites (tertiary alicyclic amines) is 1. The molecule has 134 valence electrons. The first-order valence-electron chi connectivity index (χ1n) is 8.63. The summed E-state index contributed by atoms with van der Waals surface area (Å²) in [4.78, 5) is 31.1. The zero-order chi connectivity index (χ0) is 17.8. The van der Waals surface area contributed by atoms with Crippen molar-refractivity contribution >= 4 is 29.2 Å². The Hall–Kier alpha value is -2.02. The molecule has 0 radical (unpaired) electrons. The van der Waals surface area contributed by atoms with E-state index >= 15 is 0 Å². The second-order valence-corrected chi connectivity index (χ2v) is 6.90. The van der Waals surface area contributed by atoms with E-state index in [1.165, 1.54) is 11.8 Å². The molecule has 0 spiro atoms. The van der Waals surface area contributed by atoms with Crippen LogP contribution in [0.3, 0.4) is 0 Å². The van der Waals surface area contributed by atoms with Crippen molar-refractivity contribution in [2.24, 2.45) is 0 Å². The number of hydrogen-bond donors (Lipinski definition) is 0. The molecule has 2 aromatic rings. The minimum absolute atomic E-state index is 0.117. The van der Waals surface area contributed by atoms with Gasteiger partial charge in [-0.25, -0.2) is 9.78 Å². The van der Waals surface area contributed by atoms with Crippen LogP contribution in [-0.4, -0.2) is 51.6 Å². The molecule has 0 saturated carbocycles. The number of imidazole rings is 1. The summed E-state index contributed by atoms with van der Waals surface area (Å²) < 4.78 is 7.13. The summed E-state index contributed by atoms with van der Waals surface area (Å²) in [6, 6.07) is 5.82. The number of hydrogen-bond acceptors (Lipinski definition) is 5. The summed E-state index contributed by atoms with van der Waals surface area (Å²) in [6.07, 6.45) is 7.89. The van der Waals surface area contributed by atoms with Gasteiger partial charge in [0, 0.05) is 18.8 Å². The van der Waals surface area contributed by atoms with Crippen LogP contribution < -0.4 is 0 Å². The number of aromatic nitrogens is 2. The van der Waals surface area contributed by atoms with Crippen LogP contribution in [0.5, 0.6) is 0 Å². The number of carbonyl (C=O) groups is 2. The zero-order valence-electron chi connectivity index (χ0n) is 14.6. The largest absolute Gasteiger partial charge is 0.451 e. The minimum Gasteiger partial charge on any atom is -0.451 e. The highest BCUT2D eigenvalue weighted by atomic mass is 32.2. The molecule has 1 fully saturated rings. The number of amides is 1. The molecule has 7 heteroatoms. The fraction of sp³-hybridized carbons (Fsp3) is 0.500. The number of nitrogens with zero attached hydrogens (tertiary/aromatic N) is 3. The van der Waals surface area contributed by atoms with Crippen LogP contribution in [0, 0.1) is 0 Å². The average molecular weight is 361 g/mol. The second kappa shape index (κ2) is 7.91. The first-order chi connectivity index (χ1) is 12.2. The molecule has 3 rings (SSSR count). The van der Waals surface area contributed by atoms with E-state index in [4.69, 9.17) is 4.74 Å². The maximum atomic E-state index is 12.4. The van der Waals surface area contributed by atoms with E-state index in [9.17, 15) is 9.59 Å². The van der Waals surface area contributed by atoms with E-state index in [-0.39, 0.29) is 24.2 Å². The smallest absolute Gasteiger partial charge is 0.359 e. The zero-order valence-corrected chi connectivity index (χ0v) is 15.4. The highest BCUT2D eigenvalue weighted by Gasteiger charge is 2.27. The third-order valence-corrected chi connectivity index (χ3v) is 5.29. The molecular formula is C18H23N3O3S. The molecule has 1 aliphatic rings. The van der Waals surface area contributed by atoms with Crippen LogP contribution in [0.1, 0.15) is 43.1 Å². The number of fused-ring (bicyclic) bond motifs is 1. The monoisotopic (exact) mass is 361 g/mol. The van der Waals surface area contributed by atoms with Crippen molar-refractivity contribution in [2.45, 2.75) is 43.8 Å². The van der Waals surface area contributed by atoms with Gasteiger partial charge in [0.2, 0.25) is 0 Å². The lowest BCUT2D eigenvalue weighted by molar-refractivity contribution is -0.138. The van der Waals surface area contributed by atoms with E-state index < -0.39 is 5.97 Å². The Balaban J connectivity index is 1.69. The molecule has 1 atom stereocenters. The van der Waals surface area contributed by atoms with Gasteiger partial charge in [-0.15, -0.1) is 0 Å². The van der Waals surface area contributed by atoms with Crippen LogP contribution >= 0.6 is 11.8 Å². The first kappa shape index (κ1) is 17.8. The van der Waals surface area contributed by atoms with Crippen LogP contribution in [-0.2, 0) is 9.53 Å². The Morgan fingerprint density at radius 2 is 2.20 bits per heavy atom. The molecule has 0 N–H and O–H groups in total. The number of pyridine rings is 1. The molecule has 25 heavy (non-hydrogen) atoms. The fourth-order valence-corrected chi connectivity index (χ4v) is 3.87. The van der Waals surface area contributed by atoms with Crippen molar-refractivity contribution in [1.29, 1.82) is 0 Å². The topological polar surface area (TPSA) is 63.9 Å². The Morgan fingerprint density at radius 1 is 1.36 bits per heavy atom. The van der Waals surface area contributed by atoms with Crippen molar-refractivity contribution < 1.29 is 14.3 Å². The van der Waals surface area contributed by atoms with Crippen LogP contribution in [0.25, 0.3) is 5.52 Å². The highest BCUT2D eigenvalue weighted by molar-refractivity contribution is 7.98. The van der Waals surface area contributed by atoms with E-state index in [1.54, 1.807) is 0 Å². The predicted octanol–water partition coefficient (Wildman–Crippen LogP) is 3.00. The molecule has 1 amide bonds. The lowest BCUT2D eigenvalue weighted by Gasteiger charge is -2.35. The van der Waals surface area contributed by atoms with Gasteiger partial charge in [-0.1, -0.05) is 24.8 Å². The first-order valence-corrected chi connectivity index (χ1v) is 9.85. The van der Waals surface area contributed by atoms with Crippen molar-refractivity contribution in [3.05, 3.63) is 30.1 Å². The Morgan fingerprint density at radius 3 is 2.96 bits per heavy atom. The summed E-state index contributed by atoms with van der Waals surface area (Å²) in [6.45, 7) is 2.61. The van der Waals surface area contributed by atoms with Crippen LogP contribution in [0.15, 0.2) is 29.6 Å². The number of rotatable bonds is 5. The maximum absolute atomic E-state index is 12.4. The standard InChI is InChI=1S/C18H23N3O3S/c1-3-13-8-4-6-10-20(13)15(22)12-24-17(23)16-14-9-5-7-11-21(14)18(19-16)25-2/h5,7,9,11,13H,3-4,6,8,10,12H2,1-2H3. The summed E-state index contributed by atoms with van der Waals surface area (Å²) in [5.41, 5.74) is 0.942. The Bertz CT molecular complexity index is 774. The van der Waals surface area contributed by atoms with Gasteiger partial charge < -0.3 is 9.64 Å². The minimum atomic E-state index is -0.553. The molecule has 2 aromatic heterocycles. The lowest BCUT2D eigenvalue weighted by atomic mass is 10.00. The third-order valence-electron chi connectivity index (χ3n) is 4.64. The molecule has 1 aliphatic heterocycles. The summed E-state index contributed by atoms with van der Waals surface area (Å²) in [5, 5.41) is 0.718. The van der Waals surface area contributed by atoms with Gasteiger partial charge >= 0.3 is 5.97 Å². The molecule has 0 aromatic carbocycles. The maximum Gasteiger partial charge on any atom is 0.359 e. The number of thioether (sulfide) groups is 1. The number of ether oxygens (including phenoxy) is 1. The average Bonchev–Trinajstić information content (AvgIpc) is 3.04. The molecular weight excluding hydrogens is 338 g/mol. The van der Waals surface area contributed by atoms with Crippen molar-refractivity contribution in [3.63, 3.8) is 0 Å². The summed E-state index contributed by atoms with van der Waals surface area (Å²) in [5.74, 6) is -0.670. The van der Waals surface area contributed by atoms with Gasteiger partial charge in [-0.2, -0.15) is 0 Å². The number of esters is 1. The van der Waals surface area contributed by atoms with Crippen molar-refractivity contribution in [2.75, 3.05) is 19.4 Å². The van der Waals surface area contributed by atoms with Gasteiger partial charge in [0.1, 0.15) is 0 Å². The molecule has 1 unspecified atom stereocenters. The summed E-state index contributed by atoms with van der Waals surface area (Å²) in [7, 11) is 0. The van der Waals surface area contributed by atoms with E-state index in [0.717, 1.165) is 37.4 Å². The van der Waals surface area contributed by atoms with Gasteiger partial charge in [-0.3, -0.25) is 9.20 Å². The van der Waals surface area contributed by atoms with Crippen LogP contribution in [0.2, 0.25) is 0 Å². The molecule has 6 nitrogen and oxygen atoms in total. The molecule has 3 heterocycles. The predicted molar refractivity (Wildman–Crippen MR) is 96.9 cm³/mol. The fourth-order valence-electron chi connectivity index (χ4n) is 3.34. The normalized spacial score (nSPS) is 17.7. The lowest BCUT2D eigenvalue weighted by Crippen LogP contribution is -2.45. The quantitative estimate of drug-likeness (QED) is 0.605. The van der Waals surface area contributed by atoms with Gasteiger partial charge in [0.15, 0.2) is 17.5 Å². The van der Waals surface area contributed by atoms with E-state index in [0.29, 0.717) is 5.52 Å². The molecule has 0 bridgehead atoms.